The van der Waals surface area contributed by atoms with Gasteiger partial charge < -0.3 is 5.32 Å². The molecular weight excluding hydrogens is 240 g/mol. The van der Waals surface area contributed by atoms with Crippen molar-refractivity contribution in [3.8, 4) is 0 Å². The fourth-order valence-electron chi connectivity index (χ4n) is 2.91. The second-order valence-electron chi connectivity index (χ2n) is 6.08. The molecule has 1 aliphatic carbocycles. The van der Waals surface area contributed by atoms with Crippen molar-refractivity contribution in [2.75, 3.05) is 13.1 Å². The molecule has 3 heteroatoms. The van der Waals surface area contributed by atoms with Crippen molar-refractivity contribution in [1.82, 2.24) is 10.2 Å². The number of nitrogens with zero attached hydrogens (tertiary/aromatic N) is 1. The van der Waals surface area contributed by atoms with E-state index < -0.39 is 0 Å². The van der Waals surface area contributed by atoms with Gasteiger partial charge in [-0.15, -0.1) is 11.3 Å². The van der Waals surface area contributed by atoms with E-state index in [0.717, 1.165) is 25.0 Å². The van der Waals surface area contributed by atoms with E-state index in [4.69, 9.17) is 0 Å². The third-order valence-corrected chi connectivity index (χ3v) is 5.63. The van der Waals surface area contributed by atoms with Gasteiger partial charge in [-0.25, -0.2) is 0 Å². The molecule has 1 aromatic heterocycles. The Hall–Kier alpha value is -0.380. The lowest BCUT2D eigenvalue weighted by Crippen LogP contribution is -2.55. The zero-order chi connectivity index (χ0) is 12.7. The highest BCUT2D eigenvalue weighted by atomic mass is 32.1. The molecular formula is C15H24N2S. The van der Waals surface area contributed by atoms with Crippen LogP contribution in [-0.2, 0) is 6.54 Å². The number of hydrogen-bond acceptors (Lipinski definition) is 3. The van der Waals surface area contributed by atoms with Crippen LogP contribution >= 0.6 is 11.3 Å². The van der Waals surface area contributed by atoms with Crippen molar-refractivity contribution >= 4 is 11.3 Å². The van der Waals surface area contributed by atoms with Gasteiger partial charge in [-0.2, -0.15) is 0 Å². The summed E-state index contributed by atoms with van der Waals surface area (Å²) in [5, 5.41) is 3.72. The Morgan fingerprint density at radius 2 is 2.17 bits per heavy atom. The van der Waals surface area contributed by atoms with E-state index in [0.29, 0.717) is 6.04 Å². The Morgan fingerprint density at radius 1 is 1.39 bits per heavy atom. The van der Waals surface area contributed by atoms with E-state index in [9.17, 15) is 0 Å². The molecule has 0 aromatic carbocycles. The highest BCUT2D eigenvalue weighted by Crippen LogP contribution is 2.34. The van der Waals surface area contributed by atoms with Crippen LogP contribution in [-0.4, -0.2) is 30.1 Å². The first-order valence-electron chi connectivity index (χ1n) is 7.17. The summed E-state index contributed by atoms with van der Waals surface area (Å²) in [6.45, 7) is 10.3. The molecule has 2 nitrogen and oxygen atoms in total. The van der Waals surface area contributed by atoms with Gasteiger partial charge in [0.15, 0.2) is 0 Å². The van der Waals surface area contributed by atoms with Gasteiger partial charge in [0, 0.05) is 41.5 Å². The predicted octanol–water partition coefficient (Wildman–Crippen LogP) is 2.94. The van der Waals surface area contributed by atoms with E-state index in [1.165, 1.54) is 34.7 Å². The third-order valence-electron chi connectivity index (χ3n) is 4.50. The lowest BCUT2D eigenvalue weighted by molar-refractivity contribution is 0.126. The smallest absolute Gasteiger partial charge is 0.0332 e. The molecule has 2 fully saturated rings. The summed E-state index contributed by atoms with van der Waals surface area (Å²) >= 11 is 1.97. The lowest BCUT2D eigenvalue weighted by Gasteiger charge is -2.38. The standard InChI is InChI=1S/C15H24N2S/c1-10-6-14(18-12(10)3)8-17-9-15(13-4-5-13)16-7-11(17)2/h6,11,13,15-16H,4-5,7-9H2,1-3H3. The quantitative estimate of drug-likeness (QED) is 0.903. The maximum absolute atomic E-state index is 3.72. The molecule has 1 aliphatic heterocycles. The summed E-state index contributed by atoms with van der Waals surface area (Å²) < 4.78 is 0. The number of hydrogen-bond donors (Lipinski definition) is 1. The summed E-state index contributed by atoms with van der Waals surface area (Å²) in [6, 6.07) is 3.80. The summed E-state index contributed by atoms with van der Waals surface area (Å²) in [5.41, 5.74) is 1.46. The van der Waals surface area contributed by atoms with Crippen LogP contribution in [0.25, 0.3) is 0 Å². The van der Waals surface area contributed by atoms with Gasteiger partial charge in [0.05, 0.1) is 0 Å². The molecule has 1 aromatic rings. The molecule has 0 radical (unpaired) electrons. The SMILES string of the molecule is Cc1cc(CN2CC(C3CC3)NCC2C)sc1C. The van der Waals surface area contributed by atoms with Crippen LogP contribution < -0.4 is 5.32 Å². The molecule has 0 bridgehead atoms. The van der Waals surface area contributed by atoms with E-state index >= 15 is 0 Å². The van der Waals surface area contributed by atoms with Gasteiger partial charge in [-0.05, 0) is 51.2 Å². The molecule has 1 N–H and O–H groups in total. The Bertz CT molecular complexity index is 403. The number of nitrogens with one attached hydrogen (secondary N) is 1. The summed E-state index contributed by atoms with van der Waals surface area (Å²) in [7, 11) is 0. The fraction of sp³-hybridized carbons (Fsp3) is 0.733. The van der Waals surface area contributed by atoms with Crippen molar-refractivity contribution < 1.29 is 0 Å². The molecule has 2 atom stereocenters. The first-order chi connectivity index (χ1) is 8.63. The zero-order valence-corrected chi connectivity index (χ0v) is 12.5. The van der Waals surface area contributed by atoms with Gasteiger partial charge in [0.1, 0.15) is 0 Å². The fourth-order valence-corrected chi connectivity index (χ4v) is 3.99. The highest BCUT2D eigenvalue weighted by molar-refractivity contribution is 7.12. The molecule has 2 unspecified atom stereocenters. The molecule has 100 valence electrons. The molecule has 1 saturated heterocycles. The average molecular weight is 264 g/mol. The first-order valence-corrected chi connectivity index (χ1v) is 7.98. The average Bonchev–Trinajstić information content (AvgIpc) is 3.11. The van der Waals surface area contributed by atoms with Crippen molar-refractivity contribution in [2.45, 2.75) is 52.2 Å². The molecule has 18 heavy (non-hydrogen) atoms. The molecule has 1 saturated carbocycles. The number of rotatable bonds is 3. The van der Waals surface area contributed by atoms with Crippen LogP contribution in [0.1, 0.15) is 35.1 Å². The van der Waals surface area contributed by atoms with Crippen LogP contribution in [0.15, 0.2) is 6.07 Å². The lowest BCUT2D eigenvalue weighted by atomic mass is 10.1. The van der Waals surface area contributed by atoms with Crippen LogP contribution in [0.2, 0.25) is 0 Å². The summed E-state index contributed by atoms with van der Waals surface area (Å²) in [5.74, 6) is 0.965. The van der Waals surface area contributed by atoms with Crippen LogP contribution in [0, 0.1) is 19.8 Å². The third kappa shape index (κ3) is 2.63. The normalized spacial score (nSPS) is 29.7. The largest absolute Gasteiger partial charge is 0.311 e. The van der Waals surface area contributed by atoms with Crippen LogP contribution in [0.3, 0.4) is 0 Å². The van der Waals surface area contributed by atoms with Crippen molar-refractivity contribution in [2.24, 2.45) is 5.92 Å². The number of piperazine rings is 1. The van der Waals surface area contributed by atoms with E-state index in [2.05, 4.69) is 37.1 Å². The van der Waals surface area contributed by atoms with E-state index in [1.54, 1.807) is 0 Å². The number of thiophene rings is 1. The first kappa shape index (κ1) is 12.6. The minimum Gasteiger partial charge on any atom is -0.311 e. The maximum Gasteiger partial charge on any atom is 0.0332 e. The van der Waals surface area contributed by atoms with Gasteiger partial charge in [0.25, 0.3) is 0 Å². The summed E-state index contributed by atoms with van der Waals surface area (Å²) in [4.78, 5) is 5.68. The Balaban J connectivity index is 1.65. The Labute approximate surface area is 114 Å². The van der Waals surface area contributed by atoms with Crippen molar-refractivity contribution in [3.63, 3.8) is 0 Å². The maximum atomic E-state index is 3.72. The molecule has 2 aliphatic rings. The second-order valence-corrected chi connectivity index (χ2v) is 7.42. The molecule has 0 spiro atoms. The second kappa shape index (κ2) is 4.95. The molecule has 3 rings (SSSR count). The minimum atomic E-state index is 0.669. The topological polar surface area (TPSA) is 15.3 Å². The van der Waals surface area contributed by atoms with Gasteiger partial charge >= 0.3 is 0 Å². The van der Waals surface area contributed by atoms with Gasteiger partial charge in [0.2, 0.25) is 0 Å². The highest BCUT2D eigenvalue weighted by Gasteiger charge is 2.35. The van der Waals surface area contributed by atoms with Crippen LogP contribution in [0.5, 0.6) is 0 Å². The molecule has 2 heterocycles. The predicted molar refractivity (Wildman–Crippen MR) is 78.2 cm³/mol. The van der Waals surface area contributed by atoms with Crippen molar-refractivity contribution in [3.05, 3.63) is 21.4 Å². The summed E-state index contributed by atoms with van der Waals surface area (Å²) in [6.07, 6.45) is 2.88. The minimum absolute atomic E-state index is 0.669. The van der Waals surface area contributed by atoms with E-state index in [1.807, 2.05) is 11.3 Å². The van der Waals surface area contributed by atoms with Crippen LogP contribution in [0.4, 0.5) is 0 Å². The van der Waals surface area contributed by atoms with Gasteiger partial charge in [-0.1, -0.05) is 0 Å². The Morgan fingerprint density at radius 3 is 2.78 bits per heavy atom. The molecule has 0 amide bonds. The Kier molecular flexibility index (Phi) is 3.48. The van der Waals surface area contributed by atoms with Crippen molar-refractivity contribution in [1.29, 1.82) is 0 Å². The monoisotopic (exact) mass is 264 g/mol. The van der Waals surface area contributed by atoms with Gasteiger partial charge in [-0.3, -0.25) is 4.90 Å². The number of aryl methyl sites for hydroxylation is 2. The zero-order valence-electron chi connectivity index (χ0n) is 11.7. The van der Waals surface area contributed by atoms with E-state index in [-0.39, 0.29) is 0 Å².